The first kappa shape index (κ1) is 17.3. The molecule has 2 saturated heterocycles. The second-order valence-corrected chi connectivity index (χ2v) is 7.13. The number of rotatable bonds is 6. The van der Waals surface area contributed by atoms with Crippen LogP contribution in [0.1, 0.15) is 44.1 Å². The zero-order valence-corrected chi connectivity index (χ0v) is 14.8. The molecule has 24 heavy (non-hydrogen) atoms. The summed E-state index contributed by atoms with van der Waals surface area (Å²) in [4.78, 5) is 14.9. The van der Waals surface area contributed by atoms with Gasteiger partial charge in [0.25, 0.3) is 0 Å². The van der Waals surface area contributed by atoms with Crippen LogP contribution in [0, 0.1) is 5.92 Å². The molecule has 2 aliphatic heterocycles. The lowest BCUT2D eigenvalue weighted by Gasteiger charge is -2.27. The van der Waals surface area contributed by atoms with Gasteiger partial charge in [-0.05, 0) is 69.2 Å². The van der Waals surface area contributed by atoms with Crippen LogP contribution in [0.15, 0.2) is 24.3 Å². The summed E-state index contributed by atoms with van der Waals surface area (Å²) in [6.45, 7) is 3.14. The molecule has 132 valence electrons. The van der Waals surface area contributed by atoms with E-state index in [1.165, 1.54) is 18.4 Å². The Morgan fingerprint density at radius 1 is 1.25 bits per heavy atom. The summed E-state index contributed by atoms with van der Waals surface area (Å²) < 4.78 is 5.47. The highest BCUT2D eigenvalue weighted by Crippen LogP contribution is 2.27. The van der Waals surface area contributed by atoms with Crippen LogP contribution in [0.3, 0.4) is 0 Å². The van der Waals surface area contributed by atoms with E-state index in [2.05, 4.69) is 22.3 Å². The summed E-state index contributed by atoms with van der Waals surface area (Å²) in [5.74, 6) is 2.02. The minimum atomic E-state index is 0.335. The van der Waals surface area contributed by atoms with Crippen LogP contribution in [0.4, 0.5) is 0 Å². The number of para-hydroxylation sites is 1. The molecule has 4 heteroatoms. The van der Waals surface area contributed by atoms with Crippen molar-refractivity contribution in [1.29, 1.82) is 0 Å². The zero-order chi connectivity index (χ0) is 16.8. The third kappa shape index (κ3) is 4.29. The van der Waals surface area contributed by atoms with Gasteiger partial charge in [-0.15, -0.1) is 0 Å². The second kappa shape index (κ2) is 8.52. The van der Waals surface area contributed by atoms with E-state index in [-0.39, 0.29) is 0 Å². The Bertz CT molecular complexity index is 540. The van der Waals surface area contributed by atoms with E-state index < -0.39 is 0 Å². The number of hydrogen-bond donors (Lipinski definition) is 1. The van der Waals surface area contributed by atoms with Crippen molar-refractivity contribution in [2.75, 3.05) is 26.7 Å². The van der Waals surface area contributed by atoms with Gasteiger partial charge in [0.15, 0.2) is 0 Å². The summed E-state index contributed by atoms with van der Waals surface area (Å²) in [5.41, 5.74) is 1.21. The SMILES string of the molecule is COc1ccccc1CC1CCCN1C(=O)CCC1CCNCC1. The molecule has 0 bridgehead atoms. The Balaban J connectivity index is 1.55. The van der Waals surface area contributed by atoms with Gasteiger partial charge >= 0.3 is 0 Å². The molecule has 1 aromatic rings. The van der Waals surface area contributed by atoms with E-state index in [0.29, 0.717) is 18.4 Å². The summed E-state index contributed by atoms with van der Waals surface area (Å²) in [6.07, 6.45) is 7.35. The predicted octanol–water partition coefficient (Wildman–Crippen LogP) is 3.01. The number of ether oxygens (including phenoxy) is 1. The summed E-state index contributed by atoms with van der Waals surface area (Å²) in [7, 11) is 1.72. The fourth-order valence-corrected chi connectivity index (χ4v) is 4.14. The van der Waals surface area contributed by atoms with Gasteiger partial charge in [0.1, 0.15) is 5.75 Å². The highest BCUT2D eigenvalue weighted by Gasteiger charge is 2.29. The molecule has 1 unspecified atom stereocenters. The van der Waals surface area contributed by atoms with Crippen molar-refractivity contribution < 1.29 is 9.53 Å². The highest BCUT2D eigenvalue weighted by molar-refractivity contribution is 5.76. The van der Waals surface area contributed by atoms with Crippen molar-refractivity contribution in [2.45, 2.75) is 51.0 Å². The van der Waals surface area contributed by atoms with Crippen LogP contribution >= 0.6 is 0 Å². The normalized spacial score (nSPS) is 21.9. The quantitative estimate of drug-likeness (QED) is 0.872. The molecule has 0 aromatic heterocycles. The number of benzene rings is 1. The number of amides is 1. The monoisotopic (exact) mass is 330 g/mol. The topological polar surface area (TPSA) is 41.6 Å². The van der Waals surface area contributed by atoms with Gasteiger partial charge in [0.2, 0.25) is 5.91 Å². The maximum Gasteiger partial charge on any atom is 0.222 e. The highest BCUT2D eigenvalue weighted by atomic mass is 16.5. The van der Waals surface area contributed by atoms with Crippen molar-refractivity contribution >= 4 is 5.91 Å². The molecule has 1 atom stereocenters. The van der Waals surface area contributed by atoms with Crippen molar-refractivity contribution in [2.24, 2.45) is 5.92 Å². The molecule has 0 aliphatic carbocycles. The van der Waals surface area contributed by atoms with Crippen LogP contribution < -0.4 is 10.1 Å². The number of nitrogens with one attached hydrogen (secondary N) is 1. The average molecular weight is 330 g/mol. The zero-order valence-electron chi connectivity index (χ0n) is 14.8. The van der Waals surface area contributed by atoms with Crippen molar-refractivity contribution in [3.63, 3.8) is 0 Å². The van der Waals surface area contributed by atoms with Crippen LogP contribution in [0.5, 0.6) is 5.75 Å². The number of piperidine rings is 1. The van der Waals surface area contributed by atoms with Crippen molar-refractivity contribution in [1.82, 2.24) is 10.2 Å². The Labute approximate surface area is 145 Å². The van der Waals surface area contributed by atoms with Gasteiger partial charge in [-0.2, -0.15) is 0 Å². The Kier molecular flexibility index (Phi) is 6.13. The minimum Gasteiger partial charge on any atom is -0.496 e. The molecule has 0 spiro atoms. The van der Waals surface area contributed by atoms with Gasteiger partial charge in [0.05, 0.1) is 7.11 Å². The molecule has 0 radical (unpaired) electrons. The van der Waals surface area contributed by atoms with Gasteiger partial charge in [0, 0.05) is 19.0 Å². The largest absolute Gasteiger partial charge is 0.496 e. The first-order chi connectivity index (χ1) is 11.8. The van der Waals surface area contributed by atoms with E-state index in [1.54, 1.807) is 7.11 Å². The molecule has 2 aliphatic rings. The smallest absolute Gasteiger partial charge is 0.222 e. The first-order valence-corrected chi connectivity index (χ1v) is 9.40. The van der Waals surface area contributed by atoms with Crippen molar-refractivity contribution in [3.8, 4) is 5.75 Å². The van der Waals surface area contributed by atoms with E-state index in [1.807, 2.05) is 12.1 Å². The Hall–Kier alpha value is -1.55. The maximum absolute atomic E-state index is 12.7. The van der Waals surface area contributed by atoms with E-state index >= 15 is 0 Å². The average Bonchev–Trinajstić information content (AvgIpc) is 3.09. The third-order valence-electron chi connectivity index (χ3n) is 5.57. The van der Waals surface area contributed by atoms with Crippen LogP contribution in [-0.4, -0.2) is 43.6 Å². The first-order valence-electron chi connectivity index (χ1n) is 9.40. The molecule has 3 rings (SSSR count). The summed E-state index contributed by atoms with van der Waals surface area (Å²) in [6, 6.07) is 8.51. The van der Waals surface area contributed by atoms with E-state index in [9.17, 15) is 4.79 Å². The third-order valence-corrected chi connectivity index (χ3v) is 5.57. The summed E-state index contributed by atoms with van der Waals surface area (Å²) >= 11 is 0. The van der Waals surface area contributed by atoms with Crippen molar-refractivity contribution in [3.05, 3.63) is 29.8 Å². The molecule has 2 fully saturated rings. The van der Waals surface area contributed by atoms with Gasteiger partial charge in [-0.3, -0.25) is 4.79 Å². The van der Waals surface area contributed by atoms with Crippen LogP contribution in [0.25, 0.3) is 0 Å². The fourth-order valence-electron chi connectivity index (χ4n) is 4.14. The molecular formula is C20H30N2O2. The molecule has 1 N–H and O–H groups in total. The number of carbonyl (C=O) groups excluding carboxylic acids is 1. The molecule has 2 heterocycles. The van der Waals surface area contributed by atoms with Gasteiger partial charge < -0.3 is 15.0 Å². The predicted molar refractivity (Wildman–Crippen MR) is 96.3 cm³/mol. The molecule has 4 nitrogen and oxygen atoms in total. The lowest BCUT2D eigenvalue weighted by molar-refractivity contribution is -0.132. The number of carbonyl (C=O) groups is 1. The number of hydrogen-bond acceptors (Lipinski definition) is 3. The van der Waals surface area contributed by atoms with Gasteiger partial charge in [-0.25, -0.2) is 0 Å². The lowest BCUT2D eigenvalue weighted by Crippen LogP contribution is -2.37. The Morgan fingerprint density at radius 3 is 2.83 bits per heavy atom. The lowest BCUT2D eigenvalue weighted by atomic mass is 9.93. The minimum absolute atomic E-state index is 0.335. The number of likely N-dealkylation sites (tertiary alicyclic amines) is 1. The standard InChI is InChI=1S/C20H30N2O2/c1-24-19-7-3-2-5-17(19)15-18-6-4-14-22(18)20(23)9-8-16-10-12-21-13-11-16/h2-3,5,7,16,18,21H,4,6,8-15H2,1H3. The maximum atomic E-state index is 12.7. The molecule has 0 saturated carbocycles. The number of nitrogens with zero attached hydrogens (tertiary/aromatic N) is 1. The fraction of sp³-hybridized carbons (Fsp3) is 0.650. The second-order valence-electron chi connectivity index (χ2n) is 7.13. The molecular weight excluding hydrogens is 300 g/mol. The number of methoxy groups -OCH3 is 1. The van der Waals surface area contributed by atoms with E-state index in [0.717, 1.165) is 57.0 Å². The Morgan fingerprint density at radius 2 is 2.04 bits per heavy atom. The summed E-state index contributed by atoms with van der Waals surface area (Å²) in [5, 5.41) is 3.40. The van der Waals surface area contributed by atoms with Crippen LogP contribution in [0.2, 0.25) is 0 Å². The molecule has 1 aromatic carbocycles. The van der Waals surface area contributed by atoms with E-state index in [4.69, 9.17) is 4.74 Å². The van der Waals surface area contributed by atoms with Gasteiger partial charge in [-0.1, -0.05) is 18.2 Å². The molecule has 1 amide bonds. The van der Waals surface area contributed by atoms with Crippen LogP contribution in [-0.2, 0) is 11.2 Å².